The highest BCUT2D eigenvalue weighted by molar-refractivity contribution is 6.01. The molecule has 1 aliphatic rings. The average molecular weight is 448 g/mol. The molecule has 6 nitrogen and oxygen atoms in total. The molecule has 0 fully saturated rings. The van der Waals surface area contributed by atoms with Crippen molar-refractivity contribution in [2.45, 2.75) is 44.7 Å². The summed E-state index contributed by atoms with van der Waals surface area (Å²) in [7, 11) is 1.47. The lowest BCUT2D eigenvalue weighted by Gasteiger charge is -2.25. The SMILES string of the molecule is CNC(=O)C(CCC=O)N1Cc2cc(C#CCCCc3ccc(C=O)cc3)c(F)cc2C1=O. The van der Waals surface area contributed by atoms with Gasteiger partial charge in [-0.15, -0.1) is 0 Å². The molecular formula is C26H25FN2O4. The van der Waals surface area contributed by atoms with Crippen molar-refractivity contribution < 1.29 is 23.6 Å². The molecule has 0 aliphatic carbocycles. The van der Waals surface area contributed by atoms with Gasteiger partial charge in [-0.2, -0.15) is 0 Å². The van der Waals surface area contributed by atoms with Crippen LogP contribution in [0.25, 0.3) is 0 Å². The molecule has 33 heavy (non-hydrogen) atoms. The number of carbonyl (C=O) groups excluding carboxylic acids is 4. The normalized spacial score (nSPS) is 13.0. The van der Waals surface area contributed by atoms with Crippen LogP contribution < -0.4 is 5.32 Å². The van der Waals surface area contributed by atoms with Gasteiger partial charge in [0, 0.05) is 37.6 Å². The van der Waals surface area contributed by atoms with Gasteiger partial charge >= 0.3 is 0 Å². The van der Waals surface area contributed by atoms with Crippen LogP contribution in [-0.4, -0.2) is 42.4 Å². The van der Waals surface area contributed by atoms with E-state index < -0.39 is 17.8 Å². The van der Waals surface area contributed by atoms with E-state index in [9.17, 15) is 23.6 Å². The zero-order valence-electron chi connectivity index (χ0n) is 18.4. The average Bonchev–Trinajstić information content (AvgIpc) is 3.14. The van der Waals surface area contributed by atoms with E-state index >= 15 is 0 Å². The Morgan fingerprint density at radius 3 is 2.67 bits per heavy atom. The van der Waals surface area contributed by atoms with Crippen LogP contribution in [0.5, 0.6) is 0 Å². The number of hydrogen-bond acceptors (Lipinski definition) is 4. The maximum Gasteiger partial charge on any atom is 0.255 e. The van der Waals surface area contributed by atoms with Crippen molar-refractivity contribution >= 4 is 24.4 Å². The molecule has 3 rings (SSSR count). The van der Waals surface area contributed by atoms with Crippen molar-refractivity contribution in [1.82, 2.24) is 10.2 Å². The van der Waals surface area contributed by atoms with E-state index in [4.69, 9.17) is 0 Å². The van der Waals surface area contributed by atoms with E-state index in [1.807, 2.05) is 12.1 Å². The maximum absolute atomic E-state index is 14.6. The maximum atomic E-state index is 14.6. The third kappa shape index (κ3) is 5.72. The molecule has 2 aromatic carbocycles. The Labute approximate surface area is 192 Å². The molecule has 1 heterocycles. The van der Waals surface area contributed by atoms with Gasteiger partial charge in [-0.05, 0) is 42.5 Å². The Hall–Kier alpha value is -3.79. The number of benzene rings is 2. The number of hydrogen-bond donors (Lipinski definition) is 1. The third-order valence-electron chi connectivity index (χ3n) is 5.61. The van der Waals surface area contributed by atoms with Gasteiger partial charge in [-0.25, -0.2) is 4.39 Å². The van der Waals surface area contributed by atoms with Crippen molar-refractivity contribution in [2.75, 3.05) is 7.05 Å². The number of unbranched alkanes of at least 4 members (excludes halogenated alkanes) is 1. The highest BCUT2D eigenvalue weighted by Crippen LogP contribution is 2.28. The summed E-state index contributed by atoms with van der Waals surface area (Å²) in [6.45, 7) is 0.164. The zero-order valence-corrected chi connectivity index (χ0v) is 18.4. The first kappa shape index (κ1) is 23.9. The minimum Gasteiger partial charge on any atom is -0.357 e. The summed E-state index contributed by atoms with van der Waals surface area (Å²) >= 11 is 0. The van der Waals surface area contributed by atoms with E-state index in [0.717, 1.165) is 24.7 Å². The number of nitrogens with one attached hydrogen (secondary N) is 1. The molecule has 2 aromatic rings. The summed E-state index contributed by atoms with van der Waals surface area (Å²) in [5.74, 6) is 4.46. The lowest BCUT2D eigenvalue weighted by Crippen LogP contribution is -2.46. The van der Waals surface area contributed by atoms with Gasteiger partial charge in [0.1, 0.15) is 24.4 Å². The van der Waals surface area contributed by atoms with E-state index in [0.29, 0.717) is 23.8 Å². The Morgan fingerprint density at radius 2 is 2.00 bits per heavy atom. The molecule has 0 aromatic heterocycles. The van der Waals surface area contributed by atoms with E-state index in [2.05, 4.69) is 17.2 Å². The number of halogens is 1. The lowest BCUT2D eigenvalue weighted by molar-refractivity contribution is -0.125. The molecule has 0 saturated heterocycles. The minimum atomic E-state index is -0.793. The summed E-state index contributed by atoms with van der Waals surface area (Å²) in [6.07, 6.45) is 4.01. The van der Waals surface area contributed by atoms with Crippen LogP contribution in [-0.2, 0) is 22.6 Å². The van der Waals surface area contributed by atoms with Crippen molar-refractivity contribution in [3.63, 3.8) is 0 Å². The van der Waals surface area contributed by atoms with Crippen LogP contribution in [0.4, 0.5) is 4.39 Å². The monoisotopic (exact) mass is 448 g/mol. The van der Waals surface area contributed by atoms with Crippen LogP contribution in [0.15, 0.2) is 36.4 Å². The van der Waals surface area contributed by atoms with Crippen LogP contribution in [0.1, 0.15) is 63.1 Å². The van der Waals surface area contributed by atoms with Crippen molar-refractivity contribution in [3.8, 4) is 11.8 Å². The smallest absolute Gasteiger partial charge is 0.255 e. The number of carbonyl (C=O) groups is 4. The number of likely N-dealkylation sites (N-methyl/N-ethyl adjacent to an activating group) is 1. The predicted octanol–water partition coefficient (Wildman–Crippen LogP) is 3.06. The second kappa shape index (κ2) is 11.2. The fourth-order valence-electron chi connectivity index (χ4n) is 3.83. The van der Waals surface area contributed by atoms with Gasteiger partial charge in [-0.1, -0.05) is 36.1 Å². The number of fused-ring (bicyclic) bond motifs is 1. The van der Waals surface area contributed by atoms with Gasteiger partial charge in [-0.3, -0.25) is 14.4 Å². The van der Waals surface area contributed by atoms with E-state index in [-0.39, 0.29) is 36.4 Å². The Kier molecular flexibility index (Phi) is 8.09. The molecule has 1 N–H and O–H groups in total. The first-order valence-corrected chi connectivity index (χ1v) is 10.8. The fourth-order valence-corrected chi connectivity index (χ4v) is 3.83. The Bertz CT molecular complexity index is 1120. The molecule has 0 radical (unpaired) electrons. The molecule has 0 saturated carbocycles. The van der Waals surface area contributed by atoms with Gasteiger partial charge in [0.15, 0.2) is 0 Å². The number of amides is 2. The van der Waals surface area contributed by atoms with Gasteiger partial charge in [0.05, 0.1) is 5.56 Å². The molecule has 0 bridgehead atoms. The summed E-state index contributed by atoms with van der Waals surface area (Å²) < 4.78 is 14.6. The summed E-state index contributed by atoms with van der Waals surface area (Å²) in [5.41, 5.74) is 2.78. The summed E-state index contributed by atoms with van der Waals surface area (Å²) in [6, 6.07) is 9.30. The van der Waals surface area contributed by atoms with E-state index in [1.54, 1.807) is 18.2 Å². The molecule has 0 spiro atoms. The Balaban J connectivity index is 1.66. The highest BCUT2D eigenvalue weighted by atomic mass is 19.1. The first-order valence-electron chi connectivity index (χ1n) is 10.8. The quantitative estimate of drug-likeness (QED) is 0.363. The van der Waals surface area contributed by atoms with E-state index in [1.165, 1.54) is 18.0 Å². The highest BCUT2D eigenvalue weighted by Gasteiger charge is 2.36. The largest absolute Gasteiger partial charge is 0.357 e. The van der Waals surface area contributed by atoms with Crippen molar-refractivity contribution in [1.29, 1.82) is 0 Å². The summed E-state index contributed by atoms with van der Waals surface area (Å²) in [5, 5.41) is 2.52. The molecular weight excluding hydrogens is 423 g/mol. The second-order valence-electron chi connectivity index (χ2n) is 7.81. The molecule has 2 amide bonds. The number of aldehydes is 2. The van der Waals surface area contributed by atoms with Crippen LogP contribution in [0.2, 0.25) is 0 Å². The van der Waals surface area contributed by atoms with Crippen LogP contribution >= 0.6 is 0 Å². The second-order valence-corrected chi connectivity index (χ2v) is 7.81. The molecule has 170 valence electrons. The minimum absolute atomic E-state index is 0.143. The lowest BCUT2D eigenvalue weighted by atomic mass is 10.0. The first-order chi connectivity index (χ1) is 16.0. The van der Waals surface area contributed by atoms with Gasteiger partial charge in [0.25, 0.3) is 5.91 Å². The molecule has 1 aliphatic heterocycles. The number of aryl methyl sites for hydroxylation is 1. The fraction of sp³-hybridized carbons (Fsp3) is 0.308. The Morgan fingerprint density at radius 1 is 1.24 bits per heavy atom. The molecule has 1 unspecified atom stereocenters. The summed E-state index contributed by atoms with van der Waals surface area (Å²) in [4.78, 5) is 47.9. The zero-order chi connectivity index (χ0) is 23.8. The predicted molar refractivity (Wildman–Crippen MR) is 121 cm³/mol. The topological polar surface area (TPSA) is 83.6 Å². The number of nitrogens with zero attached hydrogens (tertiary/aromatic N) is 1. The third-order valence-corrected chi connectivity index (χ3v) is 5.61. The molecule has 1 atom stereocenters. The van der Waals surface area contributed by atoms with Crippen molar-refractivity contribution in [2.24, 2.45) is 0 Å². The van der Waals surface area contributed by atoms with Gasteiger partial charge in [0.2, 0.25) is 5.91 Å². The van der Waals surface area contributed by atoms with Crippen LogP contribution in [0.3, 0.4) is 0 Å². The molecule has 7 heteroatoms. The van der Waals surface area contributed by atoms with Gasteiger partial charge < -0.3 is 15.0 Å². The number of rotatable bonds is 9. The standard InChI is InChI=1S/C26H25FN2O4/c1-28-25(32)24(8-5-13-30)29-16-21-14-20(23(27)15-22(21)26(29)33)7-4-2-3-6-18-9-11-19(17-31)12-10-18/h9-15,17,24H,2-3,5-6,8,16H2,1H3,(H,28,32). The van der Waals surface area contributed by atoms with Crippen LogP contribution in [0, 0.1) is 17.7 Å². The van der Waals surface area contributed by atoms with Crippen molar-refractivity contribution in [3.05, 3.63) is 70.0 Å².